The largest absolute Gasteiger partial charge is 0.481 e. The zero-order chi connectivity index (χ0) is 12.7. The van der Waals surface area contributed by atoms with Crippen molar-refractivity contribution in [3.63, 3.8) is 0 Å². The summed E-state index contributed by atoms with van der Waals surface area (Å²) >= 11 is 0. The van der Waals surface area contributed by atoms with Crippen LogP contribution < -0.4 is 5.32 Å². The van der Waals surface area contributed by atoms with Gasteiger partial charge in [-0.1, -0.05) is 0 Å². The quantitative estimate of drug-likeness (QED) is 0.757. The van der Waals surface area contributed by atoms with Crippen LogP contribution in [0.1, 0.15) is 31.9 Å². The number of rotatable bonds is 7. The number of aryl methyl sites for hydroxylation is 1. The zero-order valence-electron chi connectivity index (χ0n) is 9.81. The summed E-state index contributed by atoms with van der Waals surface area (Å²) in [5.74, 6) is -0.153. The number of hydrogen-bond acceptors (Lipinski definition) is 3. The molecule has 1 unspecified atom stereocenters. The maximum absolute atomic E-state index is 11.5. The number of furan rings is 1. The van der Waals surface area contributed by atoms with Gasteiger partial charge in [-0.25, -0.2) is 0 Å². The van der Waals surface area contributed by atoms with Crippen LogP contribution in [0, 0.1) is 0 Å². The SMILES string of the molecule is CC(CCC(=O)O)NC(=O)CCc1ccco1. The molecule has 5 heteroatoms. The van der Waals surface area contributed by atoms with Crippen molar-refractivity contribution in [1.82, 2.24) is 5.32 Å². The summed E-state index contributed by atoms with van der Waals surface area (Å²) in [6.45, 7) is 1.80. The lowest BCUT2D eigenvalue weighted by Gasteiger charge is -2.12. The molecule has 0 aliphatic heterocycles. The molecule has 0 saturated carbocycles. The molecule has 94 valence electrons. The van der Waals surface area contributed by atoms with Crippen molar-refractivity contribution in [2.45, 2.75) is 38.6 Å². The number of carbonyl (C=O) groups is 2. The van der Waals surface area contributed by atoms with E-state index in [2.05, 4.69) is 5.32 Å². The van der Waals surface area contributed by atoms with Crippen molar-refractivity contribution in [2.75, 3.05) is 0 Å². The standard InChI is InChI=1S/C12H17NO4/c1-9(4-7-12(15)16)13-11(14)6-5-10-3-2-8-17-10/h2-3,8-9H,4-7H2,1H3,(H,13,14)(H,15,16). The van der Waals surface area contributed by atoms with Crippen LogP contribution in [0.3, 0.4) is 0 Å². The maximum atomic E-state index is 11.5. The number of hydrogen-bond donors (Lipinski definition) is 2. The molecule has 0 aliphatic carbocycles. The first-order chi connectivity index (χ1) is 8.08. The van der Waals surface area contributed by atoms with Crippen LogP contribution in [0.4, 0.5) is 0 Å². The van der Waals surface area contributed by atoms with E-state index < -0.39 is 5.97 Å². The first-order valence-corrected chi connectivity index (χ1v) is 5.61. The van der Waals surface area contributed by atoms with E-state index in [1.807, 2.05) is 6.07 Å². The fourth-order valence-corrected chi connectivity index (χ4v) is 1.45. The van der Waals surface area contributed by atoms with E-state index in [0.717, 1.165) is 5.76 Å². The van der Waals surface area contributed by atoms with Crippen LogP contribution in [0.15, 0.2) is 22.8 Å². The summed E-state index contributed by atoms with van der Waals surface area (Å²) in [7, 11) is 0. The first kappa shape index (κ1) is 13.3. The summed E-state index contributed by atoms with van der Waals surface area (Å²) < 4.78 is 5.11. The molecule has 0 saturated heterocycles. The smallest absolute Gasteiger partial charge is 0.303 e. The Balaban J connectivity index is 2.18. The van der Waals surface area contributed by atoms with Gasteiger partial charge in [0.1, 0.15) is 5.76 Å². The van der Waals surface area contributed by atoms with E-state index in [1.54, 1.807) is 19.3 Å². The highest BCUT2D eigenvalue weighted by Gasteiger charge is 2.09. The van der Waals surface area contributed by atoms with Gasteiger partial charge >= 0.3 is 5.97 Å². The zero-order valence-corrected chi connectivity index (χ0v) is 9.81. The minimum absolute atomic E-state index is 0.0691. The van der Waals surface area contributed by atoms with Crippen LogP contribution >= 0.6 is 0 Å². The molecule has 0 spiro atoms. The summed E-state index contributed by atoms with van der Waals surface area (Å²) in [4.78, 5) is 21.8. The van der Waals surface area contributed by atoms with E-state index in [-0.39, 0.29) is 18.4 Å². The van der Waals surface area contributed by atoms with Crippen molar-refractivity contribution in [1.29, 1.82) is 0 Å². The van der Waals surface area contributed by atoms with Gasteiger partial charge in [-0.3, -0.25) is 9.59 Å². The summed E-state index contributed by atoms with van der Waals surface area (Å²) in [6, 6.07) is 3.49. The highest BCUT2D eigenvalue weighted by atomic mass is 16.4. The number of amides is 1. The number of carboxylic acid groups (broad SMARTS) is 1. The summed E-state index contributed by atoms with van der Waals surface area (Å²) in [5.41, 5.74) is 0. The van der Waals surface area contributed by atoms with E-state index in [0.29, 0.717) is 19.3 Å². The predicted molar refractivity (Wildman–Crippen MR) is 61.5 cm³/mol. The van der Waals surface area contributed by atoms with E-state index in [4.69, 9.17) is 9.52 Å². The Kier molecular flexibility index (Phi) is 5.26. The van der Waals surface area contributed by atoms with Gasteiger partial charge in [0.2, 0.25) is 5.91 Å². The minimum atomic E-state index is -0.846. The molecular formula is C12H17NO4. The predicted octanol–water partition coefficient (Wildman–Crippen LogP) is 1.58. The van der Waals surface area contributed by atoms with Gasteiger partial charge < -0.3 is 14.8 Å². The van der Waals surface area contributed by atoms with E-state index in [1.165, 1.54) is 0 Å². The Morgan fingerprint density at radius 1 is 1.47 bits per heavy atom. The molecule has 2 N–H and O–H groups in total. The fourth-order valence-electron chi connectivity index (χ4n) is 1.45. The van der Waals surface area contributed by atoms with Gasteiger partial charge in [-0.2, -0.15) is 0 Å². The van der Waals surface area contributed by atoms with E-state index >= 15 is 0 Å². The van der Waals surface area contributed by atoms with Gasteiger partial charge in [0.25, 0.3) is 0 Å². The molecule has 1 rings (SSSR count). The van der Waals surface area contributed by atoms with Gasteiger partial charge in [0, 0.05) is 25.3 Å². The average molecular weight is 239 g/mol. The molecule has 0 aromatic carbocycles. The van der Waals surface area contributed by atoms with Crippen molar-refractivity contribution < 1.29 is 19.1 Å². The Morgan fingerprint density at radius 2 is 2.24 bits per heavy atom. The molecule has 1 aromatic heterocycles. The van der Waals surface area contributed by atoms with Crippen LogP contribution in [-0.4, -0.2) is 23.0 Å². The third-order valence-corrected chi connectivity index (χ3v) is 2.38. The molecular weight excluding hydrogens is 222 g/mol. The Morgan fingerprint density at radius 3 is 2.82 bits per heavy atom. The molecule has 1 amide bonds. The lowest BCUT2D eigenvalue weighted by molar-refractivity contribution is -0.137. The van der Waals surface area contributed by atoms with Crippen molar-refractivity contribution >= 4 is 11.9 Å². The Labute approximate surface area is 99.8 Å². The number of nitrogens with one attached hydrogen (secondary N) is 1. The summed E-state index contributed by atoms with van der Waals surface area (Å²) in [6.07, 6.45) is 3.00. The second-order valence-electron chi connectivity index (χ2n) is 3.98. The molecule has 1 aromatic rings. The molecule has 17 heavy (non-hydrogen) atoms. The Hall–Kier alpha value is -1.78. The van der Waals surface area contributed by atoms with Crippen molar-refractivity contribution in [2.24, 2.45) is 0 Å². The number of carbonyl (C=O) groups excluding carboxylic acids is 1. The van der Waals surface area contributed by atoms with E-state index in [9.17, 15) is 9.59 Å². The molecule has 0 radical (unpaired) electrons. The number of carboxylic acids is 1. The summed E-state index contributed by atoms with van der Waals surface area (Å²) in [5, 5.41) is 11.3. The second-order valence-corrected chi connectivity index (χ2v) is 3.98. The van der Waals surface area contributed by atoms with Gasteiger partial charge in [-0.15, -0.1) is 0 Å². The third kappa shape index (κ3) is 5.75. The third-order valence-electron chi connectivity index (χ3n) is 2.38. The van der Waals surface area contributed by atoms with Crippen LogP contribution in [0.5, 0.6) is 0 Å². The van der Waals surface area contributed by atoms with Crippen LogP contribution in [0.25, 0.3) is 0 Å². The fraction of sp³-hybridized carbons (Fsp3) is 0.500. The molecule has 5 nitrogen and oxygen atoms in total. The van der Waals surface area contributed by atoms with Crippen molar-refractivity contribution in [3.05, 3.63) is 24.2 Å². The lowest BCUT2D eigenvalue weighted by Crippen LogP contribution is -2.33. The molecule has 0 aliphatic rings. The Bertz CT molecular complexity index is 359. The highest BCUT2D eigenvalue weighted by Crippen LogP contribution is 2.04. The average Bonchev–Trinajstić information content (AvgIpc) is 2.76. The first-order valence-electron chi connectivity index (χ1n) is 5.61. The molecule has 0 bridgehead atoms. The van der Waals surface area contributed by atoms with Gasteiger partial charge in [0.05, 0.1) is 6.26 Å². The second kappa shape index (κ2) is 6.73. The topological polar surface area (TPSA) is 79.5 Å². The van der Waals surface area contributed by atoms with Gasteiger partial charge in [-0.05, 0) is 25.5 Å². The monoisotopic (exact) mass is 239 g/mol. The van der Waals surface area contributed by atoms with Crippen LogP contribution in [0.2, 0.25) is 0 Å². The van der Waals surface area contributed by atoms with Gasteiger partial charge in [0.15, 0.2) is 0 Å². The lowest BCUT2D eigenvalue weighted by atomic mass is 10.1. The minimum Gasteiger partial charge on any atom is -0.481 e. The molecule has 1 atom stereocenters. The number of aliphatic carboxylic acids is 1. The van der Waals surface area contributed by atoms with Crippen molar-refractivity contribution in [3.8, 4) is 0 Å². The normalized spacial score (nSPS) is 12.1. The maximum Gasteiger partial charge on any atom is 0.303 e. The highest BCUT2D eigenvalue weighted by molar-refractivity contribution is 5.76. The molecule has 1 heterocycles. The molecule has 0 fully saturated rings. The van der Waals surface area contributed by atoms with Crippen LogP contribution in [-0.2, 0) is 16.0 Å².